The van der Waals surface area contributed by atoms with Crippen molar-refractivity contribution >= 4 is 16.8 Å². The summed E-state index contributed by atoms with van der Waals surface area (Å²) in [4.78, 5) is 16.9. The molecule has 0 saturated carbocycles. The molecule has 0 radical (unpaired) electrons. The number of rotatable bonds is 5. The van der Waals surface area contributed by atoms with E-state index in [1.807, 2.05) is 4.90 Å². The fraction of sp³-hybridized carbons (Fsp3) is 0.591. The van der Waals surface area contributed by atoms with Gasteiger partial charge in [0.1, 0.15) is 0 Å². The molecule has 2 fully saturated rings. The summed E-state index contributed by atoms with van der Waals surface area (Å²) in [7, 11) is 3.80. The average molecular weight is 370 g/mol. The van der Waals surface area contributed by atoms with Crippen molar-refractivity contribution in [3.63, 3.8) is 0 Å². The molecule has 27 heavy (non-hydrogen) atoms. The molecule has 2 aliphatic heterocycles. The van der Waals surface area contributed by atoms with Crippen LogP contribution in [-0.4, -0.2) is 60.2 Å². The Bertz CT molecular complexity index is 815. The molecule has 2 saturated heterocycles. The van der Waals surface area contributed by atoms with E-state index < -0.39 is 0 Å². The van der Waals surface area contributed by atoms with Crippen molar-refractivity contribution in [2.75, 3.05) is 39.9 Å². The number of carbonyl (C=O) groups is 1. The molecule has 1 aromatic carbocycles. The first-order chi connectivity index (χ1) is 13.1. The minimum Gasteiger partial charge on any atom is -0.383 e. The quantitative estimate of drug-likeness (QED) is 0.813. The van der Waals surface area contributed by atoms with Crippen LogP contribution in [0, 0.1) is 5.41 Å². The van der Waals surface area contributed by atoms with E-state index in [4.69, 9.17) is 4.74 Å². The minimum atomic E-state index is 0.261. The Balaban J connectivity index is 1.44. The van der Waals surface area contributed by atoms with Gasteiger partial charge in [0.05, 0.1) is 6.61 Å². The Kier molecular flexibility index (Phi) is 5.24. The number of hydrogen-bond acceptors (Lipinski definition) is 3. The van der Waals surface area contributed by atoms with E-state index in [0.29, 0.717) is 18.9 Å². The summed E-state index contributed by atoms with van der Waals surface area (Å²) in [6, 6.07) is 9.01. The van der Waals surface area contributed by atoms with Gasteiger partial charge in [-0.25, -0.2) is 0 Å². The third kappa shape index (κ3) is 3.90. The molecule has 5 nitrogen and oxygen atoms in total. The summed E-state index contributed by atoms with van der Waals surface area (Å²) in [5, 5.41) is 1.32. The van der Waals surface area contributed by atoms with Gasteiger partial charge >= 0.3 is 0 Å². The molecule has 4 rings (SSSR count). The number of benzene rings is 1. The van der Waals surface area contributed by atoms with Crippen molar-refractivity contribution in [3.8, 4) is 0 Å². The lowest BCUT2D eigenvalue weighted by Gasteiger charge is -2.48. The molecule has 1 spiro atoms. The van der Waals surface area contributed by atoms with Crippen molar-refractivity contribution < 1.29 is 9.53 Å². The Morgan fingerprint density at radius 3 is 2.93 bits per heavy atom. The molecule has 5 heteroatoms. The number of nitrogens with zero attached hydrogens (tertiary/aromatic N) is 3. The first kappa shape index (κ1) is 18.5. The lowest BCUT2D eigenvalue weighted by atomic mass is 9.73. The normalized spacial score (nSPS) is 24.2. The number of hydrogen-bond donors (Lipinski definition) is 0. The van der Waals surface area contributed by atoms with Crippen LogP contribution < -0.4 is 0 Å². The number of aryl methyl sites for hydroxylation is 1. The van der Waals surface area contributed by atoms with Gasteiger partial charge in [0.15, 0.2) is 0 Å². The fourth-order valence-corrected chi connectivity index (χ4v) is 4.97. The van der Waals surface area contributed by atoms with E-state index >= 15 is 0 Å². The average Bonchev–Trinajstić information content (AvgIpc) is 3.03. The Labute approximate surface area is 161 Å². The maximum atomic E-state index is 12.3. The van der Waals surface area contributed by atoms with E-state index in [1.165, 1.54) is 29.3 Å². The van der Waals surface area contributed by atoms with E-state index in [1.54, 1.807) is 7.11 Å². The lowest BCUT2D eigenvalue weighted by Crippen LogP contribution is -2.54. The van der Waals surface area contributed by atoms with Crippen LogP contribution in [0.2, 0.25) is 0 Å². The van der Waals surface area contributed by atoms with Crippen LogP contribution in [0.5, 0.6) is 0 Å². The second-order valence-electron chi connectivity index (χ2n) is 8.44. The van der Waals surface area contributed by atoms with Crippen LogP contribution in [-0.2, 0) is 23.1 Å². The van der Waals surface area contributed by atoms with Crippen LogP contribution in [0.15, 0.2) is 30.5 Å². The van der Waals surface area contributed by atoms with Gasteiger partial charge in [0.2, 0.25) is 5.91 Å². The van der Waals surface area contributed by atoms with Crippen LogP contribution in [0.4, 0.5) is 0 Å². The number of amides is 1. The van der Waals surface area contributed by atoms with E-state index in [2.05, 4.69) is 47.0 Å². The Morgan fingerprint density at radius 1 is 1.19 bits per heavy atom. The van der Waals surface area contributed by atoms with Crippen molar-refractivity contribution in [3.05, 3.63) is 36.0 Å². The van der Waals surface area contributed by atoms with Gasteiger partial charge in [-0.15, -0.1) is 0 Å². The highest BCUT2D eigenvalue weighted by atomic mass is 16.5. The zero-order valence-corrected chi connectivity index (χ0v) is 16.6. The summed E-state index contributed by atoms with van der Waals surface area (Å²) in [5.41, 5.74) is 2.93. The second-order valence-corrected chi connectivity index (χ2v) is 8.44. The summed E-state index contributed by atoms with van der Waals surface area (Å²) in [6.07, 6.45) is 6.30. The largest absolute Gasteiger partial charge is 0.383 e. The first-order valence-electron chi connectivity index (χ1n) is 10.1. The van der Waals surface area contributed by atoms with Crippen LogP contribution in [0.1, 0.15) is 31.2 Å². The summed E-state index contributed by atoms with van der Waals surface area (Å²) in [5.74, 6) is 0.296. The molecule has 2 aliphatic rings. The smallest absolute Gasteiger partial charge is 0.222 e. The molecule has 1 atom stereocenters. The highest BCUT2D eigenvalue weighted by Crippen LogP contribution is 2.39. The summed E-state index contributed by atoms with van der Waals surface area (Å²) >= 11 is 0. The predicted molar refractivity (Wildman–Crippen MR) is 108 cm³/mol. The topological polar surface area (TPSA) is 37.7 Å². The molecule has 2 aromatic rings. The van der Waals surface area contributed by atoms with Gasteiger partial charge in [-0.3, -0.25) is 9.69 Å². The zero-order chi connectivity index (χ0) is 18.9. The molecular formula is C22H31N3O2. The van der Waals surface area contributed by atoms with Crippen molar-refractivity contribution in [2.24, 2.45) is 12.5 Å². The van der Waals surface area contributed by atoms with Gasteiger partial charge in [0.25, 0.3) is 0 Å². The SMILES string of the molecule is COCCN1C[C@@]2(CCCN(Cc3ccc4c(ccn4C)c3)C2)CCC1=O. The highest BCUT2D eigenvalue weighted by molar-refractivity contribution is 5.80. The standard InChI is InChI=1S/C22H31N3O2/c1-23-11-7-19-14-18(4-5-20(19)23)15-24-10-3-8-22(16-24)9-6-21(26)25(17-22)12-13-27-2/h4-5,7,11,14H,3,6,8-10,12-13,15-17H2,1-2H3/t22-/m0/s1. The minimum absolute atomic E-state index is 0.261. The number of fused-ring (bicyclic) bond motifs is 1. The third-order valence-electron chi connectivity index (χ3n) is 6.41. The maximum Gasteiger partial charge on any atom is 0.222 e. The van der Waals surface area contributed by atoms with Gasteiger partial charge in [-0.1, -0.05) is 6.07 Å². The number of likely N-dealkylation sites (tertiary alicyclic amines) is 2. The van der Waals surface area contributed by atoms with Crippen molar-refractivity contribution in [1.29, 1.82) is 0 Å². The first-order valence-corrected chi connectivity index (χ1v) is 10.1. The lowest BCUT2D eigenvalue weighted by molar-refractivity contribution is -0.140. The van der Waals surface area contributed by atoms with E-state index in [-0.39, 0.29) is 5.41 Å². The second kappa shape index (κ2) is 7.64. The maximum absolute atomic E-state index is 12.3. The van der Waals surface area contributed by atoms with Crippen molar-refractivity contribution in [2.45, 2.75) is 32.2 Å². The van der Waals surface area contributed by atoms with E-state index in [9.17, 15) is 4.79 Å². The molecule has 0 bridgehead atoms. The Morgan fingerprint density at radius 2 is 2.07 bits per heavy atom. The van der Waals surface area contributed by atoms with Gasteiger partial charge in [-0.05, 0) is 55.0 Å². The van der Waals surface area contributed by atoms with Gasteiger partial charge < -0.3 is 14.2 Å². The molecule has 146 valence electrons. The molecule has 0 N–H and O–H groups in total. The number of ether oxygens (including phenoxy) is 1. The molecule has 0 unspecified atom stereocenters. The van der Waals surface area contributed by atoms with Crippen LogP contribution >= 0.6 is 0 Å². The molecule has 1 aromatic heterocycles. The van der Waals surface area contributed by atoms with Gasteiger partial charge in [-0.2, -0.15) is 0 Å². The number of methoxy groups -OCH3 is 1. The Hall–Kier alpha value is -1.85. The number of carbonyl (C=O) groups excluding carboxylic acids is 1. The van der Waals surface area contributed by atoms with Crippen molar-refractivity contribution in [1.82, 2.24) is 14.4 Å². The third-order valence-corrected chi connectivity index (χ3v) is 6.41. The zero-order valence-electron chi connectivity index (χ0n) is 16.6. The monoisotopic (exact) mass is 369 g/mol. The fourth-order valence-electron chi connectivity index (χ4n) is 4.97. The van der Waals surface area contributed by atoms with Gasteiger partial charge in [0, 0.05) is 63.9 Å². The highest BCUT2D eigenvalue weighted by Gasteiger charge is 2.41. The number of piperidine rings is 2. The molecule has 1 amide bonds. The molecular weight excluding hydrogens is 338 g/mol. The molecule has 0 aliphatic carbocycles. The summed E-state index contributed by atoms with van der Waals surface area (Å²) in [6.45, 7) is 5.49. The number of aromatic nitrogens is 1. The molecule has 3 heterocycles. The van der Waals surface area contributed by atoms with Crippen LogP contribution in [0.3, 0.4) is 0 Å². The summed E-state index contributed by atoms with van der Waals surface area (Å²) < 4.78 is 7.37. The van der Waals surface area contributed by atoms with E-state index in [0.717, 1.165) is 39.1 Å². The van der Waals surface area contributed by atoms with Crippen LogP contribution in [0.25, 0.3) is 10.9 Å². The predicted octanol–water partition coefficient (Wildman–Crippen LogP) is 3.03.